The molecule has 3 heteroatoms. The van der Waals surface area contributed by atoms with Crippen molar-refractivity contribution in [1.82, 2.24) is 4.98 Å². The molecule has 2 heterocycles. The molecule has 0 spiro atoms. The van der Waals surface area contributed by atoms with Crippen molar-refractivity contribution in [3.63, 3.8) is 0 Å². The Bertz CT molecular complexity index is 773. The van der Waals surface area contributed by atoms with Gasteiger partial charge in [0.2, 0.25) is 5.78 Å². The quantitative estimate of drug-likeness (QED) is 0.653. The second kappa shape index (κ2) is 4.59. The van der Waals surface area contributed by atoms with Crippen LogP contribution in [0.5, 0.6) is 0 Å². The van der Waals surface area contributed by atoms with E-state index in [0.717, 1.165) is 26.9 Å². The van der Waals surface area contributed by atoms with Gasteiger partial charge >= 0.3 is 0 Å². The number of aromatic nitrogens is 1. The molecule has 0 aliphatic rings. The highest BCUT2D eigenvalue weighted by molar-refractivity contribution is 7.12. The van der Waals surface area contributed by atoms with Gasteiger partial charge in [0.15, 0.2) is 0 Å². The Hall–Kier alpha value is -2.00. The van der Waals surface area contributed by atoms with E-state index in [1.165, 1.54) is 11.3 Å². The SMILES string of the molecule is Cc1ccsc1C(=O)c1cc(C)c2ccccc2n1. The van der Waals surface area contributed by atoms with E-state index >= 15 is 0 Å². The minimum absolute atomic E-state index is 0.0151. The van der Waals surface area contributed by atoms with Crippen LogP contribution in [0, 0.1) is 13.8 Å². The van der Waals surface area contributed by atoms with Crippen molar-refractivity contribution in [2.24, 2.45) is 0 Å². The highest BCUT2D eigenvalue weighted by atomic mass is 32.1. The van der Waals surface area contributed by atoms with Crippen LogP contribution in [0.15, 0.2) is 41.8 Å². The van der Waals surface area contributed by atoms with Crippen molar-refractivity contribution < 1.29 is 4.79 Å². The summed E-state index contributed by atoms with van der Waals surface area (Å²) in [5.41, 5.74) is 3.51. The second-order valence-electron chi connectivity index (χ2n) is 4.60. The van der Waals surface area contributed by atoms with Crippen molar-refractivity contribution in [3.8, 4) is 0 Å². The van der Waals surface area contributed by atoms with Crippen LogP contribution in [0.4, 0.5) is 0 Å². The maximum absolute atomic E-state index is 12.5. The zero-order valence-corrected chi connectivity index (χ0v) is 11.6. The molecule has 19 heavy (non-hydrogen) atoms. The minimum Gasteiger partial charge on any atom is -0.286 e. The predicted molar refractivity (Wildman–Crippen MR) is 79.0 cm³/mol. The van der Waals surface area contributed by atoms with Gasteiger partial charge < -0.3 is 0 Å². The van der Waals surface area contributed by atoms with Gasteiger partial charge in [0.1, 0.15) is 5.69 Å². The molecule has 1 aromatic carbocycles. The van der Waals surface area contributed by atoms with Gasteiger partial charge in [-0.25, -0.2) is 4.98 Å². The summed E-state index contributed by atoms with van der Waals surface area (Å²) in [4.78, 5) is 17.7. The lowest BCUT2D eigenvalue weighted by Gasteiger charge is -2.05. The van der Waals surface area contributed by atoms with Gasteiger partial charge in [0, 0.05) is 5.39 Å². The number of thiophene rings is 1. The summed E-state index contributed by atoms with van der Waals surface area (Å²) >= 11 is 1.47. The molecule has 0 atom stereocenters. The van der Waals surface area contributed by atoms with Crippen molar-refractivity contribution in [1.29, 1.82) is 0 Å². The molecule has 0 saturated heterocycles. The first-order valence-corrected chi connectivity index (χ1v) is 7.00. The topological polar surface area (TPSA) is 30.0 Å². The van der Waals surface area contributed by atoms with Crippen molar-refractivity contribution in [3.05, 3.63) is 63.5 Å². The molecule has 0 aliphatic heterocycles. The third-order valence-electron chi connectivity index (χ3n) is 3.22. The third kappa shape index (κ3) is 2.06. The van der Waals surface area contributed by atoms with Gasteiger partial charge in [0.25, 0.3) is 0 Å². The first-order chi connectivity index (χ1) is 9.16. The second-order valence-corrected chi connectivity index (χ2v) is 5.52. The van der Waals surface area contributed by atoms with Crippen LogP contribution in [0.2, 0.25) is 0 Å². The number of carbonyl (C=O) groups excluding carboxylic acids is 1. The fourth-order valence-electron chi connectivity index (χ4n) is 2.19. The van der Waals surface area contributed by atoms with Gasteiger partial charge in [-0.3, -0.25) is 4.79 Å². The van der Waals surface area contributed by atoms with E-state index in [4.69, 9.17) is 0 Å². The number of fused-ring (bicyclic) bond motifs is 1. The zero-order valence-electron chi connectivity index (χ0n) is 10.8. The average Bonchev–Trinajstić information content (AvgIpc) is 2.84. The van der Waals surface area contributed by atoms with Crippen LogP contribution in [0.1, 0.15) is 26.5 Å². The molecule has 94 valence electrons. The standard InChI is InChI=1S/C16H13NOS/c1-10-7-8-19-16(10)15(18)14-9-11(2)12-5-3-4-6-13(12)17-14/h3-9H,1-2H3. The van der Waals surface area contributed by atoms with E-state index in [1.54, 1.807) is 0 Å². The van der Waals surface area contributed by atoms with Crippen LogP contribution in [0.3, 0.4) is 0 Å². The smallest absolute Gasteiger partial charge is 0.221 e. The molecule has 0 N–H and O–H groups in total. The molecule has 2 aromatic heterocycles. The van der Waals surface area contributed by atoms with Crippen molar-refractivity contribution in [2.75, 3.05) is 0 Å². The highest BCUT2D eigenvalue weighted by Gasteiger charge is 2.15. The zero-order chi connectivity index (χ0) is 13.4. The fourth-order valence-corrected chi connectivity index (χ4v) is 3.06. The van der Waals surface area contributed by atoms with E-state index in [1.807, 2.05) is 55.6 Å². The predicted octanol–water partition coefficient (Wildman–Crippen LogP) is 4.14. The summed E-state index contributed by atoms with van der Waals surface area (Å²) in [6.45, 7) is 3.97. The number of pyridine rings is 1. The maximum Gasteiger partial charge on any atom is 0.221 e. The van der Waals surface area contributed by atoms with Gasteiger partial charge in [0.05, 0.1) is 10.4 Å². The number of rotatable bonds is 2. The van der Waals surface area contributed by atoms with Crippen LogP contribution in [-0.2, 0) is 0 Å². The van der Waals surface area contributed by atoms with Gasteiger partial charge in [-0.15, -0.1) is 11.3 Å². The minimum atomic E-state index is 0.0151. The molecular weight excluding hydrogens is 254 g/mol. The lowest BCUT2D eigenvalue weighted by atomic mass is 10.1. The van der Waals surface area contributed by atoms with Gasteiger partial charge in [-0.1, -0.05) is 18.2 Å². The Morgan fingerprint density at radius 3 is 2.63 bits per heavy atom. The van der Waals surface area contributed by atoms with E-state index in [9.17, 15) is 4.79 Å². The number of aryl methyl sites for hydroxylation is 2. The summed E-state index contributed by atoms with van der Waals surface area (Å²) in [7, 11) is 0. The summed E-state index contributed by atoms with van der Waals surface area (Å²) in [5, 5.41) is 3.04. The Labute approximate surface area is 115 Å². The number of nitrogens with zero attached hydrogens (tertiary/aromatic N) is 1. The monoisotopic (exact) mass is 267 g/mol. The summed E-state index contributed by atoms with van der Waals surface area (Å²) in [5.74, 6) is 0.0151. The largest absolute Gasteiger partial charge is 0.286 e. The van der Waals surface area contributed by atoms with Crippen LogP contribution >= 0.6 is 11.3 Å². The van der Waals surface area contributed by atoms with E-state index in [2.05, 4.69) is 4.98 Å². The molecule has 2 nitrogen and oxygen atoms in total. The highest BCUT2D eigenvalue weighted by Crippen LogP contribution is 2.22. The van der Waals surface area contributed by atoms with Gasteiger partial charge in [-0.05, 0) is 48.6 Å². The molecule has 3 rings (SSSR count). The molecule has 0 unspecified atom stereocenters. The number of hydrogen-bond donors (Lipinski definition) is 0. The Kier molecular flexibility index (Phi) is 2.91. The lowest BCUT2D eigenvalue weighted by Crippen LogP contribution is -2.04. The molecule has 0 saturated carbocycles. The fraction of sp³-hybridized carbons (Fsp3) is 0.125. The molecule has 0 radical (unpaired) electrons. The number of ketones is 1. The van der Waals surface area contributed by atoms with Crippen molar-refractivity contribution >= 4 is 28.0 Å². The molecule has 0 fully saturated rings. The summed E-state index contributed by atoms with van der Waals surface area (Å²) in [6.07, 6.45) is 0. The van der Waals surface area contributed by atoms with Gasteiger partial charge in [-0.2, -0.15) is 0 Å². The average molecular weight is 267 g/mol. The van der Waals surface area contributed by atoms with E-state index < -0.39 is 0 Å². The van der Waals surface area contributed by atoms with Crippen LogP contribution in [0.25, 0.3) is 10.9 Å². The third-order valence-corrected chi connectivity index (χ3v) is 4.24. The Morgan fingerprint density at radius 1 is 1.11 bits per heavy atom. The molecular formula is C16H13NOS. The molecule has 0 aliphatic carbocycles. The lowest BCUT2D eigenvalue weighted by molar-refractivity contribution is 0.103. The first-order valence-electron chi connectivity index (χ1n) is 6.12. The number of carbonyl (C=O) groups is 1. The normalized spacial score (nSPS) is 10.8. The summed E-state index contributed by atoms with van der Waals surface area (Å²) < 4.78 is 0. The first kappa shape index (κ1) is 12.1. The number of para-hydroxylation sites is 1. The summed E-state index contributed by atoms with van der Waals surface area (Å²) in [6, 6.07) is 11.7. The molecule has 3 aromatic rings. The Balaban J connectivity index is 2.16. The Morgan fingerprint density at radius 2 is 1.89 bits per heavy atom. The maximum atomic E-state index is 12.5. The molecule has 0 bridgehead atoms. The number of benzene rings is 1. The van der Waals surface area contributed by atoms with E-state index in [0.29, 0.717) is 5.69 Å². The number of hydrogen-bond acceptors (Lipinski definition) is 3. The van der Waals surface area contributed by atoms with Crippen molar-refractivity contribution in [2.45, 2.75) is 13.8 Å². The van der Waals surface area contributed by atoms with Crippen LogP contribution < -0.4 is 0 Å². The van der Waals surface area contributed by atoms with E-state index in [-0.39, 0.29) is 5.78 Å². The van der Waals surface area contributed by atoms with Crippen LogP contribution in [-0.4, -0.2) is 10.8 Å². The molecule has 0 amide bonds.